The fraction of sp³-hybridized carbons (Fsp3) is 0.174. The monoisotopic (exact) mass is 401 g/mol. The molecule has 1 aliphatic rings. The Bertz CT molecular complexity index is 1300. The lowest BCUT2D eigenvalue weighted by Gasteiger charge is -2.13. The lowest BCUT2D eigenvalue weighted by molar-refractivity contribution is 0.415. The van der Waals surface area contributed by atoms with E-state index in [4.69, 9.17) is 11.3 Å². The van der Waals surface area contributed by atoms with Crippen LogP contribution in [-0.2, 0) is 0 Å². The summed E-state index contributed by atoms with van der Waals surface area (Å²) in [4.78, 5) is 16.5. The first-order valence-corrected chi connectivity index (χ1v) is 9.17. The quantitative estimate of drug-likeness (QED) is 0.663. The summed E-state index contributed by atoms with van der Waals surface area (Å²) in [7, 11) is 1.54. The zero-order valence-electron chi connectivity index (χ0n) is 16.0. The molecule has 0 saturated heterocycles. The van der Waals surface area contributed by atoms with Crippen molar-refractivity contribution in [2.75, 3.05) is 7.11 Å². The molecule has 3 aromatic rings. The van der Waals surface area contributed by atoms with Crippen LogP contribution in [0.15, 0.2) is 53.5 Å². The molecule has 7 heteroatoms. The molecule has 30 heavy (non-hydrogen) atoms. The van der Waals surface area contributed by atoms with Crippen LogP contribution in [0.2, 0.25) is 0 Å². The van der Waals surface area contributed by atoms with E-state index in [0.717, 1.165) is 16.3 Å². The molecule has 0 radical (unpaired) electrons. The van der Waals surface area contributed by atoms with Gasteiger partial charge in [0, 0.05) is 12.0 Å². The second-order valence-electron chi connectivity index (χ2n) is 6.98. The molecular weight excluding hydrogens is 385 g/mol. The van der Waals surface area contributed by atoms with Gasteiger partial charge in [0.1, 0.15) is 22.9 Å². The Morgan fingerprint density at radius 3 is 2.70 bits per heavy atom. The molecule has 148 valence electrons. The number of aromatic hydroxyl groups is 1. The number of hydrogen-bond donors (Lipinski definition) is 1. The summed E-state index contributed by atoms with van der Waals surface area (Å²) in [6, 6.07) is 12.7. The molecule has 1 N–H and O–H groups in total. The van der Waals surface area contributed by atoms with Crippen LogP contribution >= 0.6 is 0 Å². The van der Waals surface area contributed by atoms with Crippen molar-refractivity contribution >= 4 is 0 Å². The fourth-order valence-electron chi connectivity index (χ4n) is 3.88. The van der Waals surface area contributed by atoms with E-state index in [2.05, 4.69) is 4.85 Å². The summed E-state index contributed by atoms with van der Waals surface area (Å²) in [5.41, 5.74) is 0.926. The Labute approximate surface area is 171 Å². The van der Waals surface area contributed by atoms with E-state index in [9.17, 15) is 15.2 Å². The van der Waals surface area contributed by atoms with Crippen LogP contribution in [0.4, 0.5) is 4.39 Å². The van der Waals surface area contributed by atoms with Crippen LogP contribution in [0.1, 0.15) is 29.5 Å². The van der Waals surface area contributed by atoms with Gasteiger partial charge in [0.2, 0.25) is 0 Å². The lowest BCUT2D eigenvalue weighted by Crippen LogP contribution is -2.23. The molecule has 2 aromatic carbocycles. The lowest BCUT2D eigenvalue weighted by atomic mass is 10.0. The fourth-order valence-corrected chi connectivity index (χ4v) is 3.88. The number of rotatable bonds is 3. The smallest absolute Gasteiger partial charge is 0.266 e. The third-order valence-electron chi connectivity index (χ3n) is 5.33. The van der Waals surface area contributed by atoms with Gasteiger partial charge in [-0.15, -0.1) is 0 Å². The molecule has 2 atom stereocenters. The van der Waals surface area contributed by atoms with Gasteiger partial charge in [-0.3, -0.25) is 9.36 Å². The minimum Gasteiger partial charge on any atom is -0.506 e. The van der Waals surface area contributed by atoms with E-state index in [0.29, 0.717) is 11.3 Å². The minimum atomic E-state index is -0.838. The maximum atomic E-state index is 15.0. The average molecular weight is 401 g/mol. The van der Waals surface area contributed by atoms with Gasteiger partial charge in [0.15, 0.2) is 0 Å². The molecule has 0 bridgehead atoms. The van der Waals surface area contributed by atoms with Crippen molar-refractivity contribution in [3.63, 3.8) is 0 Å². The second-order valence-corrected chi connectivity index (χ2v) is 6.98. The van der Waals surface area contributed by atoms with Gasteiger partial charge in [-0.25, -0.2) is 11.0 Å². The second kappa shape index (κ2) is 7.38. The van der Waals surface area contributed by atoms with E-state index >= 15 is 4.39 Å². The predicted molar refractivity (Wildman–Crippen MR) is 108 cm³/mol. The molecule has 1 aliphatic carbocycles. The van der Waals surface area contributed by atoms with E-state index < -0.39 is 23.3 Å². The van der Waals surface area contributed by atoms with Crippen molar-refractivity contribution < 1.29 is 14.2 Å². The van der Waals surface area contributed by atoms with Gasteiger partial charge in [0.05, 0.1) is 31.0 Å². The maximum absolute atomic E-state index is 15.0. The van der Waals surface area contributed by atoms with Gasteiger partial charge in [-0.2, -0.15) is 5.26 Å². The molecule has 0 fully saturated rings. The largest absolute Gasteiger partial charge is 0.506 e. The molecule has 0 aliphatic heterocycles. The Balaban J connectivity index is 1.85. The molecule has 4 rings (SSSR count). The summed E-state index contributed by atoms with van der Waals surface area (Å²) in [5, 5.41) is 19.8. The Kier molecular flexibility index (Phi) is 4.73. The molecule has 1 aromatic heterocycles. The molecule has 6 nitrogen and oxygen atoms in total. The van der Waals surface area contributed by atoms with Crippen molar-refractivity contribution in [1.82, 2.24) is 4.57 Å². The van der Waals surface area contributed by atoms with Gasteiger partial charge >= 0.3 is 0 Å². The first-order chi connectivity index (χ1) is 14.5. The normalized spacial score (nSPS) is 17.1. The van der Waals surface area contributed by atoms with Crippen molar-refractivity contribution in [2.45, 2.75) is 18.4 Å². The number of fused-ring (bicyclic) bond motifs is 1. The number of nitriles is 1. The van der Waals surface area contributed by atoms with Gasteiger partial charge in [-0.05, 0) is 35.4 Å². The predicted octanol–water partition coefficient (Wildman–Crippen LogP) is 4.33. The number of hydrogen-bond acceptors (Lipinski definition) is 4. The van der Waals surface area contributed by atoms with Crippen LogP contribution in [0.5, 0.6) is 11.5 Å². The van der Waals surface area contributed by atoms with E-state index in [1.54, 1.807) is 31.4 Å². The molecule has 2 unspecified atom stereocenters. The van der Waals surface area contributed by atoms with E-state index in [-0.39, 0.29) is 29.0 Å². The highest BCUT2D eigenvalue weighted by Gasteiger charge is 2.41. The van der Waals surface area contributed by atoms with E-state index in [1.165, 1.54) is 12.1 Å². The van der Waals surface area contributed by atoms with Gasteiger partial charge in [-0.1, -0.05) is 18.2 Å². The third kappa shape index (κ3) is 2.98. The number of pyridine rings is 1. The summed E-state index contributed by atoms with van der Waals surface area (Å²) >= 11 is 0. The molecule has 0 amide bonds. The van der Waals surface area contributed by atoms with Crippen molar-refractivity contribution in [1.29, 1.82) is 5.26 Å². The minimum absolute atomic E-state index is 0.0473. The summed E-state index contributed by atoms with van der Waals surface area (Å²) in [6.07, 6.45) is 1.25. The van der Waals surface area contributed by atoms with Gasteiger partial charge in [0.25, 0.3) is 11.6 Å². The Morgan fingerprint density at radius 2 is 2.03 bits per heavy atom. The van der Waals surface area contributed by atoms with Crippen LogP contribution in [0.3, 0.4) is 0 Å². The zero-order chi connectivity index (χ0) is 21.4. The molecular formula is C23H16FN3O3. The molecule has 1 heterocycles. The standard InChI is InChI=1S/C23H16FN3O3/c1-26-18-10-15(11-25)21-20(28)12-27(23(29)22(18)21)19-7-6-14(9-17(19)24)13-4-3-5-16(8-13)30-2/h3-9,12,15,18,28H,10H2,2H3. The highest BCUT2D eigenvalue weighted by molar-refractivity contribution is 5.66. The first-order valence-electron chi connectivity index (χ1n) is 9.17. The number of benzene rings is 2. The first kappa shape index (κ1) is 19.2. The average Bonchev–Trinajstić information content (AvgIpc) is 3.16. The summed E-state index contributed by atoms with van der Waals surface area (Å²) in [5.74, 6) is -1.06. The zero-order valence-corrected chi connectivity index (χ0v) is 16.0. The number of methoxy groups -OCH3 is 1. The number of aromatic nitrogens is 1. The molecule has 0 spiro atoms. The number of halogens is 1. The number of nitrogens with zero attached hydrogens (tertiary/aromatic N) is 3. The van der Waals surface area contributed by atoms with Crippen LogP contribution in [0, 0.1) is 23.7 Å². The topological polar surface area (TPSA) is 79.6 Å². The summed E-state index contributed by atoms with van der Waals surface area (Å²) in [6.45, 7) is 7.34. The molecule has 0 saturated carbocycles. The maximum Gasteiger partial charge on any atom is 0.266 e. The third-order valence-corrected chi connectivity index (χ3v) is 5.33. The van der Waals surface area contributed by atoms with Crippen molar-refractivity contribution in [2.24, 2.45) is 0 Å². The van der Waals surface area contributed by atoms with Crippen LogP contribution in [-0.4, -0.2) is 16.8 Å². The number of ether oxygens (including phenoxy) is 1. The van der Waals surface area contributed by atoms with Gasteiger partial charge < -0.3 is 14.7 Å². The van der Waals surface area contributed by atoms with Crippen LogP contribution in [0.25, 0.3) is 21.7 Å². The Morgan fingerprint density at radius 1 is 1.27 bits per heavy atom. The van der Waals surface area contributed by atoms with Crippen molar-refractivity contribution in [3.05, 3.63) is 87.4 Å². The van der Waals surface area contributed by atoms with Crippen LogP contribution < -0.4 is 10.3 Å². The highest BCUT2D eigenvalue weighted by atomic mass is 19.1. The SMILES string of the molecule is [C-]#[N+]C1CC(C#N)c2c(O)cn(-c3ccc(-c4cccc(OC)c4)cc3F)c(=O)c21. The Hall–Kier alpha value is -4.10. The highest BCUT2D eigenvalue weighted by Crippen LogP contribution is 2.44. The van der Waals surface area contributed by atoms with Crippen molar-refractivity contribution in [3.8, 4) is 34.4 Å². The summed E-state index contributed by atoms with van der Waals surface area (Å²) < 4.78 is 21.2. The van der Waals surface area contributed by atoms with E-state index in [1.807, 2.05) is 12.1 Å².